The van der Waals surface area contributed by atoms with Crippen LogP contribution in [0, 0.1) is 17.3 Å². The zero-order chi connectivity index (χ0) is 22.3. The van der Waals surface area contributed by atoms with Gasteiger partial charge in [-0.2, -0.15) is 0 Å². The molecule has 0 bridgehead atoms. The van der Waals surface area contributed by atoms with Gasteiger partial charge < -0.3 is 15.0 Å². The number of amides is 1. The maximum absolute atomic E-state index is 13.6. The number of ether oxygens (including phenoxy) is 1. The first kappa shape index (κ1) is 24.1. The monoisotopic (exact) mass is 428 g/mol. The lowest BCUT2D eigenvalue weighted by Crippen LogP contribution is -2.52. The Morgan fingerprint density at radius 2 is 1.81 bits per heavy atom. The van der Waals surface area contributed by atoms with Gasteiger partial charge in [-0.3, -0.25) is 4.79 Å². The molecule has 1 spiro atoms. The van der Waals surface area contributed by atoms with Crippen molar-refractivity contribution in [1.82, 2.24) is 10.2 Å². The molecule has 1 saturated heterocycles. The third-order valence-electron chi connectivity index (χ3n) is 7.17. The minimum atomic E-state index is -0.206. The van der Waals surface area contributed by atoms with Crippen LogP contribution in [-0.2, 0) is 11.2 Å². The van der Waals surface area contributed by atoms with Crippen LogP contribution in [0.15, 0.2) is 24.3 Å². The van der Waals surface area contributed by atoms with Gasteiger partial charge in [-0.05, 0) is 88.0 Å². The van der Waals surface area contributed by atoms with Gasteiger partial charge in [-0.15, -0.1) is 0 Å². The van der Waals surface area contributed by atoms with E-state index in [1.807, 2.05) is 6.07 Å². The van der Waals surface area contributed by atoms with E-state index in [1.54, 1.807) is 0 Å². The van der Waals surface area contributed by atoms with Crippen LogP contribution in [0.3, 0.4) is 0 Å². The van der Waals surface area contributed by atoms with Crippen LogP contribution in [0.25, 0.3) is 0 Å². The number of fused-ring (bicyclic) bond motifs is 1. The number of para-hydroxylation sites is 1. The Hall–Kier alpha value is -1.55. The number of piperidine rings is 1. The maximum atomic E-state index is 13.6. The summed E-state index contributed by atoms with van der Waals surface area (Å²) < 4.78 is 6.25. The average Bonchev–Trinajstić information content (AvgIpc) is 2.74. The van der Waals surface area contributed by atoms with E-state index < -0.39 is 0 Å². The highest BCUT2D eigenvalue weighted by atomic mass is 16.5. The van der Waals surface area contributed by atoms with Crippen molar-refractivity contribution in [3.63, 3.8) is 0 Å². The first-order valence-corrected chi connectivity index (χ1v) is 12.6. The smallest absolute Gasteiger partial charge is 0.226 e. The number of carbonyl (C=O) groups excluding carboxylic acids is 1. The van der Waals surface area contributed by atoms with E-state index in [9.17, 15) is 4.79 Å². The number of likely N-dealkylation sites (tertiary alicyclic amines) is 1. The summed E-state index contributed by atoms with van der Waals surface area (Å²) in [5, 5.41) is 3.44. The van der Waals surface area contributed by atoms with Crippen molar-refractivity contribution in [1.29, 1.82) is 0 Å². The standard InChI is InChI=1S/C27H44N2O2/c1-21(2)12-16-29-17-14-27(15-18-29)13-8-7-10-23-9-5-6-11-25(23)31-20-24(19-22(3)4)28-26(27)30/h5-6,9,11,21-22,24H,7-8,10,12-20H2,1-4H3,(H,28,30)/t24-/m0/s1. The quantitative estimate of drug-likeness (QED) is 0.678. The predicted octanol–water partition coefficient (Wildman–Crippen LogP) is 5.45. The lowest BCUT2D eigenvalue weighted by Gasteiger charge is -2.42. The van der Waals surface area contributed by atoms with E-state index in [2.05, 4.69) is 56.1 Å². The summed E-state index contributed by atoms with van der Waals surface area (Å²) in [6.45, 7) is 12.8. The Morgan fingerprint density at radius 3 is 2.52 bits per heavy atom. The fraction of sp³-hybridized carbons (Fsp3) is 0.741. The fourth-order valence-corrected chi connectivity index (χ4v) is 5.13. The van der Waals surface area contributed by atoms with Crippen molar-refractivity contribution >= 4 is 5.91 Å². The number of carbonyl (C=O) groups is 1. The molecule has 1 N–H and O–H groups in total. The van der Waals surface area contributed by atoms with Crippen molar-refractivity contribution < 1.29 is 9.53 Å². The van der Waals surface area contributed by atoms with Crippen LogP contribution in [0.2, 0.25) is 0 Å². The number of nitrogens with one attached hydrogen (secondary N) is 1. The second kappa shape index (κ2) is 11.4. The van der Waals surface area contributed by atoms with E-state index >= 15 is 0 Å². The Balaban J connectivity index is 1.73. The molecule has 0 aromatic heterocycles. The molecular formula is C27H44N2O2. The molecule has 1 aromatic rings. The van der Waals surface area contributed by atoms with Crippen molar-refractivity contribution in [2.45, 2.75) is 85.1 Å². The molecule has 1 atom stereocenters. The number of hydrogen-bond donors (Lipinski definition) is 1. The molecule has 31 heavy (non-hydrogen) atoms. The number of rotatable bonds is 5. The Bertz CT molecular complexity index is 692. The van der Waals surface area contributed by atoms with Crippen LogP contribution in [0.4, 0.5) is 0 Å². The van der Waals surface area contributed by atoms with Gasteiger partial charge in [-0.1, -0.05) is 52.3 Å². The molecule has 1 amide bonds. The van der Waals surface area contributed by atoms with Crippen LogP contribution < -0.4 is 10.1 Å². The normalized spacial score (nSPS) is 23.0. The molecular weight excluding hydrogens is 384 g/mol. The highest BCUT2D eigenvalue weighted by Gasteiger charge is 2.41. The molecule has 174 valence electrons. The fourth-order valence-electron chi connectivity index (χ4n) is 5.13. The Labute approximate surface area is 190 Å². The predicted molar refractivity (Wildman–Crippen MR) is 128 cm³/mol. The topological polar surface area (TPSA) is 41.6 Å². The van der Waals surface area contributed by atoms with Crippen LogP contribution >= 0.6 is 0 Å². The zero-order valence-electron chi connectivity index (χ0n) is 20.3. The minimum absolute atomic E-state index is 0.0656. The molecule has 4 nitrogen and oxygen atoms in total. The average molecular weight is 429 g/mol. The van der Waals surface area contributed by atoms with Crippen molar-refractivity contribution in [3.8, 4) is 5.75 Å². The van der Waals surface area contributed by atoms with E-state index in [-0.39, 0.29) is 17.4 Å². The summed E-state index contributed by atoms with van der Waals surface area (Å²) in [4.78, 5) is 16.2. The summed E-state index contributed by atoms with van der Waals surface area (Å²) in [5.41, 5.74) is 1.10. The molecule has 0 saturated carbocycles. The van der Waals surface area contributed by atoms with Gasteiger partial charge in [0.1, 0.15) is 12.4 Å². The summed E-state index contributed by atoms with van der Waals surface area (Å²) >= 11 is 0. The van der Waals surface area contributed by atoms with Gasteiger partial charge in [-0.25, -0.2) is 0 Å². The van der Waals surface area contributed by atoms with Crippen molar-refractivity contribution in [2.24, 2.45) is 17.3 Å². The lowest BCUT2D eigenvalue weighted by molar-refractivity contribution is -0.135. The maximum Gasteiger partial charge on any atom is 0.226 e. The first-order valence-electron chi connectivity index (χ1n) is 12.6. The van der Waals surface area contributed by atoms with Crippen molar-refractivity contribution in [3.05, 3.63) is 29.8 Å². The molecule has 0 unspecified atom stereocenters. The first-order chi connectivity index (χ1) is 14.9. The van der Waals surface area contributed by atoms with Crippen LogP contribution in [0.1, 0.15) is 78.2 Å². The minimum Gasteiger partial charge on any atom is -0.491 e. The van der Waals surface area contributed by atoms with E-state index in [1.165, 1.54) is 12.0 Å². The van der Waals surface area contributed by atoms with E-state index in [0.29, 0.717) is 12.5 Å². The Morgan fingerprint density at radius 1 is 1.06 bits per heavy atom. The highest BCUT2D eigenvalue weighted by Crippen LogP contribution is 2.38. The van der Waals surface area contributed by atoms with Crippen LogP contribution in [0.5, 0.6) is 5.75 Å². The van der Waals surface area contributed by atoms with Gasteiger partial charge >= 0.3 is 0 Å². The van der Waals surface area contributed by atoms with E-state index in [4.69, 9.17) is 4.74 Å². The van der Waals surface area contributed by atoms with Crippen molar-refractivity contribution in [2.75, 3.05) is 26.2 Å². The SMILES string of the molecule is CC(C)CCN1CCC2(CCCCc3ccccc3OC[C@H](CC(C)C)NC2=O)CC1. The number of benzene rings is 1. The molecule has 2 heterocycles. The molecule has 3 rings (SSSR count). The van der Waals surface area contributed by atoms with Gasteiger partial charge in [0.25, 0.3) is 0 Å². The zero-order valence-corrected chi connectivity index (χ0v) is 20.3. The highest BCUT2D eigenvalue weighted by molar-refractivity contribution is 5.83. The molecule has 0 radical (unpaired) electrons. The summed E-state index contributed by atoms with van der Waals surface area (Å²) in [5.74, 6) is 2.52. The molecule has 0 aliphatic carbocycles. The third-order valence-corrected chi connectivity index (χ3v) is 7.17. The molecule has 2 aliphatic rings. The second-order valence-electron chi connectivity index (χ2n) is 10.7. The van der Waals surface area contributed by atoms with Gasteiger partial charge in [0.2, 0.25) is 5.91 Å². The third kappa shape index (κ3) is 6.97. The number of nitrogens with zero attached hydrogens (tertiary/aromatic N) is 1. The van der Waals surface area contributed by atoms with Crippen LogP contribution in [-0.4, -0.2) is 43.1 Å². The molecule has 2 aliphatic heterocycles. The summed E-state index contributed by atoms with van der Waals surface area (Å²) in [6.07, 6.45) is 8.42. The summed E-state index contributed by atoms with van der Waals surface area (Å²) in [6, 6.07) is 8.48. The number of aryl methyl sites for hydroxylation is 1. The van der Waals surface area contributed by atoms with Gasteiger partial charge in [0.15, 0.2) is 0 Å². The largest absolute Gasteiger partial charge is 0.491 e. The molecule has 4 heteroatoms. The second-order valence-corrected chi connectivity index (χ2v) is 10.7. The summed E-state index contributed by atoms with van der Waals surface area (Å²) in [7, 11) is 0. The van der Waals surface area contributed by atoms with E-state index in [0.717, 1.165) is 76.2 Å². The lowest BCUT2D eigenvalue weighted by atomic mass is 9.73. The molecule has 1 fully saturated rings. The van der Waals surface area contributed by atoms with Gasteiger partial charge in [0.05, 0.1) is 11.5 Å². The Kier molecular flexibility index (Phi) is 8.83. The van der Waals surface area contributed by atoms with Gasteiger partial charge in [0, 0.05) is 0 Å². The number of hydrogen-bond acceptors (Lipinski definition) is 3. The molecule has 1 aromatic carbocycles.